The molecule has 0 fully saturated rings. The van der Waals surface area contributed by atoms with Crippen LogP contribution in [0.25, 0.3) is 10.9 Å². The van der Waals surface area contributed by atoms with Crippen LogP contribution in [0, 0.1) is 12.7 Å². The third-order valence-corrected chi connectivity index (χ3v) is 7.95. The molecule has 0 bridgehead atoms. The number of halogens is 4. The van der Waals surface area contributed by atoms with Gasteiger partial charge in [0.1, 0.15) is 17.3 Å². The highest BCUT2D eigenvalue weighted by Crippen LogP contribution is 2.46. The zero-order valence-electron chi connectivity index (χ0n) is 23.3. The molecule has 0 aliphatic carbocycles. The van der Waals surface area contributed by atoms with Crippen molar-refractivity contribution in [3.05, 3.63) is 88.9 Å². The van der Waals surface area contributed by atoms with Gasteiger partial charge in [0.25, 0.3) is 0 Å². The molecule has 0 saturated heterocycles. The summed E-state index contributed by atoms with van der Waals surface area (Å²) in [5.41, 5.74) is 2.94. The SMILES string of the molecule is COc1ccc(C(F)(F)F)cc1N1C(N2CCn3c(cc4ccc(C)cc43)C2)=Nc2c(F)cccc2C1CC(O)OC. The molecule has 7 nitrogen and oxygen atoms in total. The summed E-state index contributed by atoms with van der Waals surface area (Å²) in [4.78, 5) is 8.29. The largest absolute Gasteiger partial charge is 0.495 e. The average molecular weight is 583 g/mol. The summed E-state index contributed by atoms with van der Waals surface area (Å²) in [6.07, 6.45) is -5.97. The van der Waals surface area contributed by atoms with E-state index in [-0.39, 0.29) is 29.5 Å². The molecule has 2 aliphatic heterocycles. The summed E-state index contributed by atoms with van der Waals surface area (Å²) in [6.45, 7) is 3.47. The van der Waals surface area contributed by atoms with Crippen LogP contribution in [0.4, 0.5) is 28.9 Å². The molecule has 4 aromatic rings. The monoisotopic (exact) mass is 582 g/mol. The predicted molar refractivity (Wildman–Crippen MR) is 151 cm³/mol. The number of hydrogen-bond acceptors (Lipinski definition) is 6. The Morgan fingerprint density at radius 2 is 1.86 bits per heavy atom. The number of guanidine groups is 1. The number of aryl methyl sites for hydroxylation is 1. The molecule has 2 aliphatic rings. The van der Waals surface area contributed by atoms with E-state index in [1.165, 1.54) is 32.4 Å². The van der Waals surface area contributed by atoms with Gasteiger partial charge < -0.3 is 28.9 Å². The van der Waals surface area contributed by atoms with Crippen LogP contribution in [0.3, 0.4) is 0 Å². The first-order valence-electron chi connectivity index (χ1n) is 13.5. The first-order chi connectivity index (χ1) is 20.1. The summed E-state index contributed by atoms with van der Waals surface area (Å²) < 4.78 is 70.1. The predicted octanol–water partition coefficient (Wildman–Crippen LogP) is 6.54. The van der Waals surface area contributed by atoms with Crippen molar-refractivity contribution >= 4 is 28.2 Å². The number of aromatic nitrogens is 1. The molecule has 1 N–H and O–H groups in total. The van der Waals surface area contributed by atoms with Crippen LogP contribution in [0.1, 0.15) is 34.8 Å². The van der Waals surface area contributed by atoms with E-state index in [9.17, 15) is 18.3 Å². The van der Waals surface area contributed by atoms with Gasteiger partial charge in [0.2, 0.25) is 5.96 Å². The average Bonchev–Trinajstić information content (AvgIpc) is 3.33. The van der Waals surface area contributed by atoms with Crippen molar-refractivity contribution in [3.8, 4) is 5.75 Å². The minimum Gasteiger partial charge on any atom is -0.495 e. The maximum Gasteiger partial charge on any atom is 0.416 e. The second-order valence-electron chi connectivity index (χ2n) is 10.6. The second-order valence-corrected chi connectivity index (χ2v) is 10.6. The van der Waals surface area contributed by atoms with Gasteiger partial charge in [0.15, 0.2) is 6.29 Å². The normalized spacial score (nSPS) is 17.6. The number of hydrogen-bond donors (Lipinski definition) is 1. The lowest BCUT2D eigenvalue weighted by molar-refractivity contribution is -0.137. The van der Waals surface area contributed by atoms with E-state index in [4.69, 9.17) is 14.5 Å². The van der Waals surface area contributed by atoms with Crippen molar-refractivity contribution in [1.29, 1.82) is 0 Å². The molecule has 0 saturated carbocycles. The number of aliphatic hydroxyl groups is 1. The van der Waals surface area contributed by atoms with Crippen molar-refractivity contribution in [1.82, 2.24) is 9.47 Å². The van der Waals surface area contributed by atoms with Gasteiger partial charge in [0.05, 0.1) is 30.9 Å². The first-order valence-corrected chi connectivity index (χ1v) is 13.5. The molecule has 2 unspecified atom stereocenters. The topological polar surface area (TPSA) is 62.5 Å². The van der Waals surface area contributed by atoms with E-state index in [0.717, 1.165) is 34.3 Å². The lowest BCUT2D eigenvalue weighted by Gasteiger charge is -2.44. The summed E-state index contributed by atoms with van der Waals surface area (Å²) in [6, 6.07) is 15.2. The number of ether oxygens (including phenoxy) is 2. The van der Waals surface area contributed by atoms with Crippen molar-refractivity contribution < 1.29 is 32.1 Å². The lowest BCUT2D eigenvalue weighted by Crippen LogP contribution is -2.51. The van der Waals surface area contributed by atoms with Crippen LogP contribution < -0.4 is 9.64 Å². The number of methoxy groups -OCH3 is 2. The van der Waals surface area contributed by atoms with Gasteiger partial charge in [-0.3, -0.25) is 0 Å². The fourth-order valence-corrected chi connectivity index (χ4v) is 5.91. The molecule has 1 aromatic heterocycles. The second kappa shape index (κ2) is 10.6. The Morgan fingerprint density at radius 3 is 2.60 bits per heavy atom. The molecule has 0 spiro atoms. The summed E-state index contributed by atoms with van der Waals surface area (Å²) in [5, 5.41) is 11.7. The van der Waals surface area contributed by atoms with Crippen LogP contribution in [-0.2, 0) is 24.0 Å². The molecule has 6 rings (SSSR count). The van der Waals surface area contributed by atoms with Gasteiger partial charge in [-0.1, -0.05) is 24.3 Å². The quantitative estimate of drug-likeness (QED) is 0.214. The minimum atomic E-state index is -4.62. The molecule has 11 heteroatoms. The first kappa shape index (κ1) is 28.0. The van der Waals surface area contributed by atoms with Crippen molar-refractivity contribution in [2.24, 2.45) is 4.99 Å². The number of aliphatic hydroxyl groups excluding tert-OH is 1. The maximum atomic E-state index is 15.3. The van der Waals surface area contributed by atoms with Crippen molar-refractivity contribution in [2.75, 3.05) is 25.7 Å². The number of benzene rings is 3. The molecule has 0 amide bonds. The van der Waals surface area contributed by atoms with E-state index in [1.54, 1.807) is 11.0 Å². The third kappa shape index (κ3) is 4.86. The lowest BCUT2D eigenvalue weighted by atomic mass is 9.96. The third-order valence-electron chi connectivity index (χ3n) is 7.95. The van der Waals surface area contributed by atoms with Gasteiger partial charge >= 0.3 is 6.18 Å². The highest BCUT2D eigenvalue weighted by molar-refractivity contribution is 6.02. The fraction of sp³-hybridized carbons (Fsp3) is 0.323. The van der Waals surface area contributed by atoms with Gasteiger partial charge in [-0.25, -0.2) is 9.38 Å². The molecular formula is C31H30F4N4O3. The summed E-state index contributed by atoms with van der Waals surface area (Å²) in [7, 11) is 2.70. The molecule has 0 radical (unpaired) electrons. The molecule has 220 valence electrons. The number of nitrogens with zero attached hydrogens (tertiary/aromatic N) is 4. The van der Waals surface area contributed by atoms with Gasteiger partial charge in [-0.15, -0.1) is 0 Å². The number of fused-ring (bicyclic) bond motifs is 4. The Labute approximate surface area is 240 Å². The van der Waals surface area contributed by atoms with E-state index in [2.05, 4.69) is 22.8 Å². The zero-order chi connectivity index (χ0) is 29.8. The van der Waals surface area contributed by atoms with Crippen LogP contribution >= 0.6 is 0 Å². The Bertz CT molecular complexity index is 1680. The zero-order valence-corrected chi connectivity index (χ0v) is 23.3. The number of aliphatic imine (C=N–C) groups is 1. The molecule has 3 heterocycles. The van der Waals surface area contributed by atoms with Gasteiger partial charge in [0, 0.05) is 43.4 Å². The van der Waals surface area contributed by atoms with E-state index < -0.39 is 29.9 Å². The van der Waals surface area contributed by atoms with Gasteiger partial charge in [-0.2, -0.15) is 13.2 Å². The van der Waals surface area contributed by atoms with E-state index in [0.29, 0.717) is 25.2 Å². The number of para-hydroxylation sites is 1. The van der Waals surface area contributed by atoms with Gasteiger partial charge in [-0.05, 0) is 54.3 Å². The van der Waals surface area contributed by atoms with Crippen LogP contribution in [0.2, 0.25) is 0 Å². The Kier molecular flexibility index (Phi) is 7.10. The molecular weight excluding hydrogens is 552 g/mol. The van der Waals surface area contributed by atoms with Crippen molar-refractivity contribution in [2.45, 2.75) is 44.9 Å². The summed E-state index contributed by atoms with van der Waals surface area (Å²) in [5.74, 6) is -0.139. The van der Waals surface area contributed by atoms with E-state index >= 15 is 4.39 Å². The van der Waals surface area contributed by atoms with Crippen molar-refractivity contribution in [3.63, 3.8) is 0 Å². The molecule has 2 atom stereocenters. The molecule has 3 aromatic carbocycles. The Hall–Kier alpha value is -4.09. The minimum absolute atomic E-state index is 0.0707. The smallest absolute Gasteiger partial charge is 0.416 e. The number of anilines is 1. The van der Waals surface area contributed by atoms with Crippen LogP contribution in [0.15, 0.2) is 65.7 Å². The number of rotatable bonds is 5. The fourth-order valence-electron chi connectivity index (χ4n) is 5.91. The van der Waals surface area contributed by atoms with Crippen LogP contribution in [0.5, 0.6) is 5.75 Å². The Morgan fingerprint density at radius 1 is 1.05 bits per heavy atom. The number of alkyl halides is 3. The summed E-state index contributed by atoms with van der Waals surface area (Å²) >= 11 is 0. The van der Waals surface area contributed by atoms with E-state index in [1.807, 2.05) is 17.9 Å². The van der Waals surface area contributed by atoms with Crippen LogP contribution in [-0.4, -0.2) is 47.6 Å². The Balaban J connectivity index is 1.54. The highest BCUT2D eigenvalue weighted by atomic mass is 19.4. The molecule has 42 heavy (non-hydrogen) atoms. The standard InChI is InChI=1S/C31H30F4N4O3/c1-18-7-8-19-14-21-17-37(11-12-38(21)24(19)13-18)30-36-29-22(5-4-6-23(29)32)25(16-28(40)42-3)39(30)26-15-20(31(33,34)35)9-10-27(26)41-2/h4-10,13-15,25,28,40H,11-12,16-17H2,1-3H3. The maximum absolute atomic E-state index is 15.3. The highest BCUT2D eigenvalue weighted by Gasteiger charge is 2.40.